The summed E-state index contributed by atoms with van der Waals surface area (Å²) >= 11 is 3.43. The van der Waals surface area contributed by atoms with Crippen LogP contribution in [0.3, 0.4) is 0 Å². The first-order valence-electron chi connectivity index (χ1n) is 7.19. The maximum atomic E-state index is 12.4. The Hall–Kier alpha value is -2.68. The van der Waals surface area contributed by atoms with Gasteiger partial charge in [0.15, 0.2) is 11.2 Å². The van der Waals surface area contributed by atoms with Crippen molar-refractivity contribution in [3.05, 3.63) is 61.9 Å². The number of hydrogen-bond acceptors (Lipinski definition) is 4. The number of aryl methyl sites for hydroxylation is 1. The van der Waals surface area contributed by atoms with Gasteiger partial charge in [0.2, 0.25) is 0 Å². The number of imidazole rings is 2. The SMILES string of the molecule is Cn1c(=O)c2c(ncn2Cc2cn3cc(Br)ccc3n2)n(C)c1=O. The third kappa shape index (κ3) is 2.12. The summed E-state index contributed by atoms with van der Waals surface area (Å²) in [5, 5.41) is 0. The predicted octanol–water partition coefficient (Wildman–Crippen LogP) is 0.892. The third-order valence-electron chi connectivity index (χ3n) is 4.01. The van der Waals surface area contributed by atoms with Gasteiger partial charge in [-0.1, -0.05) is 0 Å². The van der Waals surface area contributed by atoms with E-state index in [1.54, 1.807) is 17.9 Å². The second kappa shape index (κ2) is 5.17. The lowest BCUT2D eigenvalue weighted by Crippen LogP contribution is -2.37. The Kier molecular flexibility index (Phi) is 3.20. The van der Waals surface area contributed by atoms with E-state index in [-0.39, 0.29) is 5.56 Å². The van der Waals surface area contributed by atoms with Crippen LogP contribution >= 0.6 is 15.9 Å². The standard InChI is InChI=1S/C15H13BrN6O2/c1-19-13-12(14(23)20(2)15(19)24)22(8-17-13)7-10-6-21-5-9(16)3-4-11(21)18-10/h3-6,8H,7H2,1-2H3. The number of pyridine rings is 1. The highest BCUT2D eigenvalue weighted by Gasteiger charge is 2.15. The number of hydrogen-bond donors (Lipinski definition) is 0. The first-order valence-corrected chi connectivity index (χ1v) is 7.99. The summed E-state index contributed by atoms with van der Waals surface area (Å²) in [5.41, 5.74) is 1.61. The topological polar surface area (TPSA) is 79.1 Å². The summed E-state index contributed by atoms with van der Waals surface area (Å²) in [5.74, 6) is 0. The van der Waals surface area contributed by atoms with E-state index in [1.165, 1.54) is 11.6 Å². The number of halogens is 1. The molecule has 4 aromatic heterocycles. The highest BCUT2D eigenvalue weighted by atomic mass is 79.9. The van der Waals surface area contributed by atoms with Crippen LogP contribution in [0.5, 0.6) is 0 Å². The van der Waals surface area contributed by atoms with Crippen LogP contribution in [0.1, 0.15) is 5.69 Å². The molecule has 0 amide bonds. The first kappa shape index (κ1) is 14.9. The van der Waals surface area contributed by atoms with Crippen molar-refractivity contribution in [1.29, 1.82) is 0 Å². The average molecular weight is 389 g/mol. The number of fused-ring (bicyclic) bond motifs is 2. The minimum Gasteiger partial charge on any atom is -0.319 e. The molecule has 122 valence electrons. The number of nitrogens with zero attached hydrogens (tertiary/aromatic N) is 6. The molecule has 0 saturated heterocycles. The summed E-state index contributed by atoms with van der Waals surface area (Å²) in [4.78, 5) is 33.2. The fourth-order valence-electron chi connectivity index (χ4n) is 2.78. The summed E-state index contributed by atoms with van der Waals surface area (Å²) < 4.78 is 7.03. The second-order valence-corrected chi connectivity index (χ2v) is 6.51. The lowest BCUT2D eigenvalue weighted by molar-refractivity contribution is 0.701. The fraction of sp³-hybridized carbons (Fsp3) is 0.200. The predicted molar refractivity (Wildman–Crippen MR) is 92.2 cm³/mol. The van der Waals surface area contributed by atoms with Crippen LogP contribution in [0.15, 0.2) is 44.9 Å². The van der Waals surface area contributed by atoms with Gasteiger partial charge in [-0.25, -0.2) is 14.8 Å². The molecule has 0 saturated carbocycles. The Morgan fingerprint density at radius 1 is 1.12 bits per heavy atom. The maximum Gasteiger partial charge on any atom is 0.332 e. The zero-order chi connectivity index (χ0) is 17.0. The van der Waals surface area contributed by atoms with Crippen LogP contribution < -0.4 is 11.2 Å². The molecular formula is C15H13BrN6O2. The quantitative estimate of drug-likeness (QED) is 0.510. The molecule has 4 rings (SSSR count). The van der Waals surface area contributed by atoms with Gasteiger partial charge in [0.1, 0.15) is 5.65 Å². The molecule has 0 radical (unpaired) electrons. The summed E-state index contributed by atoms with van der Waals surface area (Å²) in [7, 11) is 3.06. The first-order chi connectivity index (χ1) is 11.5. The summed E-state index contributed by atoms with van der Waals surface area (Å²) in [6, 6.07) is 3.83. The second-order valence-electron chi connectivity index (χ2n) is 5.60. The van der Waals surface area contributed by atoms with Gasteiger partial charge in [-0.2, -0.15) is 0 Å². The lowest BCUT2D eigenvalue weighted by Gasteiger charge is -2.05. The number of rotatable bonds is 2. The molecule has 9 heteroatoms. The van der Waals surface area contributed by atoms with E-state index >= 15 is 0 Å². The minimum atomic E-state index is -0.393. The number of aromatic nitrogens is 6. The monoisotopic (exact) mass is 388 g/mol. The van der Waals surface area contributed by atoms with Crippen LogP contribution in [-0.4, -0.2) is 28.1 Å². The van der Waals surface area contributed by atoms with Gasteiger partial charge in [-0.05, 0) is 28.1 Å². The van der Waals surface area contributed by atoms with E-state index < -0.39 is 5.69 Å². The highest BCUT2D eigenvalue weighted by Crippen LogP contribution is 2.14. The van der Waals surface area contributed by atoms with E-state index in [2.05, 4.69) is 25.9 Å². The molecule has 0 aliphatic heterocycles. The fourth-order valence-corrected chi connectivity index (χ4v) is 3.14. The Morgan fingerprint density at radius 3 is 2.71 bits per heavy atom. The smallest absolute Gasteiger partial charge is 0.319 e. The molecule has 4 heterocycles. The van der Waals surface area contributed by atoms with E-state index in [4.69, 9.17) is 0 Å². The van der Waals surface area contributed by atoms with Crippen LogP contribution in [0.25, 0.3) is 16.8 Å². The van der Waals surface area contributed by atoms with Crippen molar-refractivity contribution in [2.45, 2.75) is 6.54 Å². The molecule has 0 N–H and O–H groups in total. The molecule has 0 atom stereocenters. The summed E-state index contributed by atoms with van der Waals surface area (Å²) in [6.45, 7) is 0.392. The van der Waals surface area contributed by atoms with Gasteiger partial charge in [-0.3, -0.25) is 13.9 Å². The molecule has 0 unspecified atom stereocenters. The van der Waals surface area contributed by atoms with Crippen molar-refractivity contribution in [2.75, 3.05) is 0 Å². The Bertz CT molecular complexity index is 1210. The van der Waals surface area contributed by atoms with Crippen molar-refractivity contribution in [3.63, 3.8) is 0 Å². The van der Waals surface area contributed by atoms with Gasteiger partial charge in [-0.15, -0.1) is 0 Å². The van der Waals surface area contributed by atoms with Gasteiger partial charge in [0, 0.05) is 31.0 Å². The minimum absolute atomic E-state index is 0.364. The molecule has 8 nitrogen and oxygen atoms in total. The molecule has 0 bridgehead atoms. The molecule has 24 heavy (non-hydrogen) atoms. The zero-order valence-corrected chi connectivity index (χ0v) is 14.6. The van der Waals surface area contributed by atoms with Gasteiger partial charge >= 0.3 is 5.69 Å². The van der Waals surface area contributed by atoms with Crippen molar-refractivity contribution in [3.8, 4) is 0 Å². The molecule has 4 aromatic rings. The van der Waals surface area contributed by atoms with Gasteiger partial charge in [0.05, 0.1) is 18.6 Å². The maximum absolute atomic E-state index is 12.4. The summed E-state index contributed by atoms with van der Waals surface area (Å²) in [6.07, 6.45) is 5.38. The largest absolute Gasteiger partial charge is 0.332 e. The van der Waals surface area contributed by atoms with Crippen molar-refractivity contribution in [2.24, 2.45) is 14.1 Å². The lowest BCUT2D eigenvalue weighted by atomic mass is 10.4. The molecule has 0 aliphatic carbocycles. The molecular weight excluding hydrogens is 376 g/mol. The normalized spacial score (nSPS) is 11.6. The third-order valence-corrected chi connectivity index (χ3v) is 4.48. The van der Waals surface area contributed by atoms with Gasteiger partial charge in [0.25, 0.3) is 5.56 Å². The van der Waals surface area contributed by atoms with Crippen molar-refractivity contribution < 1.29 is 0 Å². The van der Waals surface area contributed by atoms with Crippen molar-refractivity contribution in [1.82, 2.24) is 28.1 Å². The Labute approximate surface area is 143 Å². The van der Waals surface area contributed by atoms with E-state index in [0.29, 0.717) is 17.7 Å². The van der Waals surface area contributed by atoms with Gasteiger partial charge < -0.3 is 8.97 Å². The molecule has 0 aromatic carbocycles. The Balaban J connectivity index is 1.87. The molecule has 0 spiro atoms. The van der Waals surface area contributed by atoms with Crippen LogP contribution in [0.2, 0.25) is 0 Å². The van der Waals surface area contributed by atoms with Crippen LogP contribution in [0, 0.1) is 0 Å². The van der Waals surface area contributed by atoms with E-state index in [1.807, 2.05) is 28.9 Å². The van der Waals surface area contributed by atoms with Crippen LogP contribution in [0.4, 0.5) is 0 Å². The Morgan fingerprint density at radius 2 is 1.92 bits per heavy atom. The van der Waals surface area contributed by atoms with Crippen molar-refractivity contribution >= 4 is 32.7 Å². The molecule has 0 fully saturated rings. The average Bonchev–Trinajstić information content (AvgIpc) is 3.14. The molecule has 0 aliphatic rings. The highest BCUT2D eigenvalue weighted by molar-refractivity contribution is 9.10. The zero-order valence-electron chi connectivity index (χ0n) is 13.0. The van der Waals surface area contributed by atoms with Crippen LogP contribution in [-0.2, 0) is 20.6 Å². The van der Waals surface area contributed by atoms with E-state index in [9.17, 15) is 9.59 Å². The van der Waals surface area contributed by atoms with E-state index in [0.717, 1.165) is 20.4 Å².